The Balaban J connectivity index is 2.25. The van der Waals surface area contributed by atoms with Gasteiger partial charge in [-0.1, -0.05) is 0 Å². The van der Waals surface area contributed by atoms with E-state index in [1.807, 2.05) is 6.92 Å². The molecule has 0 saturated carbocycles. The van der Waals surface area contributed by atoms with E-state index in [9.17, 15) is 14.7 Å². The first-order valence-electron chi connectivity index (χ1n) is 7.01. The molecule has 1 aliphatic heterocycles. The molecule has 3 N–H and O–H groups in total. The Kier molecular flexibility index (Phi) is 7.32. The first-order chi connectivity index (χ1) is 9.60. The molecule has 1 heterocycles. The summed E-state index contributed by atoms with van der Waals surface area (Å²) in [6.45, 7) is 4.66. The van der Waals surface area contributed by atoms with Gasteiger partial charge in [-0.2, -0.15) is 0 Å². The first-order valence-corrected chi connectivity index (χ1v) is 7.01. The third-order valence-electron chi connectivity index (χ3n) is 3.45. The van der Waals surface area contributed by atoms with Crippen LogP contribution < -0.4 is 10.6 Å². The zero-order valence-corrected chi connectivity index (χ0v) is 11.9. The summed E-state index contributed by atoms with van der Waals surface area (Å²) in [5.41, 5.74) is -0.902. The van der Waals surface area contributed by atoms with Gasteiger partial charge in [0, 0.05) is 39.5 Å². The van der Waals surface area contributed by atoms with Gasteiger partial charge in [0.2, 0.25) is 0 Å². The summed E-state index contributed by atoms with van der Waals surface area (Å²) in [7, 11) is 0. The van der Waals surface area contributed by atoms with Crippen LogP contribution in [0.3, 0.4) is 0 Å². The number of urea groups is 1. The highest BCUT2D eigenvalue weighted by atomic mass is 16.5. The van der Waals surface area contributed by atoms with Crippen molar-refractivity contribution in [1.29, 1.82) is 0 Å². The largest absolute Gasteiger partial charge is 0.481 e. The van der Waals surface area contributed by atoms with Crippen molar-refractivity contribution in [2.45, 2.75) is 26.2 Å². The lowest BCUT2D eigenvalue weighted by Crippen LogP contribution is -2.49. The van der Waals surface area contributed by atoms with E-state index in [4.69, 9.17) is 9.47 Å². The van der Waals surface area contributed by atoms with Gasteiger partial charge in [0.15, 0.2) is 0 Å². The minimum Gasteiger partial charge on any atom is -0.481 e. The second-order valence-electron chi connectivity index (χ2n) is 4.86. The monoisotopic (exact) mass is 288 g/mol. The van der Waals surface area contributed by atoms with E-state index >= 15 is 0 Å². The van der Waals surface area contributed by atoms with E-state index in [1.165, 1.54) is 0 Å². The summed E-state index contributed by atoms with van der Waals surface area (Å²) in [5, 5.41) is 14.7. The Morgan fingerprint density at radius 3 is 2.60 bits per heavy atom. The molecule has 2 amide bonds. The second kappa shape index (κ2) is 8.76. The predicted octanol–water partition coefficient (Wildman–Crippen LogP) is 0.594. The molecule has 1 rings (SSSR count). The number of carboxylic acid groups (broad SMARTS) is 1. The highest BCUT2D eigenvalue weighted by Gasteiger charge is 2.40. The Hall–Kier alpha value is -1.34. The van der Waals surface area contributed by atoms with Crippen molar-refractivity contribution in [3.63, 3.8) is 0 Å². The first kappa shape index (κ1) is 16.7. The maximum Gasteiger partial charge on any atom is 0.314 e. The van der Waals surface area contributed by atoms with Crippen molar-refractivity contribution >= 4 is 12.0 Å². The number of carbonyl (C=O) groups is 2. The van der Waals surface area contributed by atoms with Crippen LogP contribution in [0.2, 0.25) is 0 Å². The maximum absolute atomic E-state index is 11.6. The molecule has 1 aliphatic rings. The standard InChI is InChI=1S/C13H24N2O5/c1-2-19-7-3-6-14-12(18)15-10-13(11(16)17)4-8-20-9-5-13/h2-10H2,1H3,(H,16,17)(H2,14,15,18). The van der Waals surface area contributed by atoms with Crippen LogP contribution in [-0.2, 0) is 14.3 Å². The molecule has 1 saturated heterocycles. The molecule has 0 radical (unpaired) electrons. The lowest BCUT2D eigenvalue weighted by Gasteiger charge is -2.33. The molecule has 0 aromatic rings. The van der Waals surface area contributed by atoms with E-state index < -0.39 is 11.4 Å². The van der Waals surface area contributed by atoms with Crippen molar-refractivity contribution in [3.8, 4) is 0 Å². The lowest BCUT2D eigenvalue weighted by atomic mass is 9.80. The van der Waals surface area contributed by atoms with Gasteiger partial charge in [-0.3, -0.25) is 4.79 Å². The van der Waals surface area contributed by atoms with E-state index in [-0.39, 0.29) is 12.6 Å². The molecule has 0 spiro atoms. The summed E-state index contributed by atoms with van der Waals surface area (Å²) in [5.74, 6) is -0.877. The molecular weight excluding hydrogens is 264 g/mol. The van der Waals surface area contributed by atoms with E-state index in [0.29, 0.717) is 45.8 Å². The minimum atomic E-state index is -0.902. The van der Waals surface area contributed by atoms with Crippen molar-refractivity contribution in [2.24, 2.45) is 5.41 Å². The van der Waals surface area contributed by atoms with Crippen LogP contribution in [0.4, 0.5) is 4.79 Å². The average molecular weight is 288 g/mol. The molecule has 0 unspecified atom stereocenters. The molecule has 0 aromatic heterocycles. The van der Waals surface area contributed by atoms with Gasteiger partial charge in [-0.15, -0.1) is 0 Å². The molecule has 7 heteroatoms. The van der Waals surface area contributed by atoms with Gasteiger partial charge in [0.1, 0.15) is 0 Å². The third-order valence-corrected chi connectivity index (χ3v) is 3.45. The molecule has 0 atom stereocenters. The summed E-state index contributed by atoms with van der Waals surface area (Å²) >= 11 is 0. The fourth-order valence-electron chi connectivity index (χ4n) is 2.06. The van der Waals surface area contributed by atoms with Gasteiger partial charge in [-0.05, 0) is 26.2 Å². The van der Waals surface area contributed by atoms with Crippen molar-refractivity contribution in [1.82, 2.24) is 10.6 Å². The number of rotatable bonds is 8. The Labute approximate surface area is 119 Å². The topological polar surface area (TPSA) is 96.9 Å². The third kappa shape index (κ3) is 5.34. The number of amides is 2. The molecule has 20 heavy (non-hydrogen) atoms. The van der Waals surface area contributed by atoms with Crippen LogP contribution >= 0.6 is 0 Å². The quantitative estimate of drug-likeness (QED) is 0.568. The SMILES string of the molecule is CCOCCCNC(=O)NCC1(C(=O)O)CCOCC1. The van der Waals surface area contributed by atoms with Crippen molar-refractivity contribution < 1.29 is 24.2 Å². The summed E-state index contributed by atoms with van der Waals surface area (Å²) in [4.78, 5) is 23.0. The van der Waals surface area contributed by atoms with Crippen LogP contribution in [0.1, 0.15) is 26.2 Å². The van der Waals surface area contributed by atoms with Crippen LogP contribution in [0.5, 0.6) is 0 Å². The summed E-state index contributed by atoms with van der Waals surface area (Å²) < 4.78 is 10.3. The van der Waals surface area contributed by atoms with Crippen LogP contribution in [0.15, 0.2) is 0 Å². The zero-order valence-electron chi connectivity index (χ0n) is 11.9. The highest BCUT2D eigenvalue weighted by molar-refractivity contribution is 5.78. The van der Waals surface area contributed by atoms with E-state index in [0.717, 1.165) is 6.42 Å². The van der Waals surface area contributed by atoms with E-state index in [2.05, 4.69) is 10.6 Å². The average Bonchev–Trinajstić information content (AvgIpc) is 2.46. The van der Waals surface area contributed by atoms with Crippen LogP contribution in [0, 0.1) is 5.41 Å². The molecule has 116 valence electrons. The number of nitrogens with one attached hydrogen (secondary N) is 2. The number of hydrogen-bond donors (Lipinski definition) is 3. The van der Waals surface area contributed by atoms with Gasteiger partial charge in [0.25, 0.3) is 0 Å². The molecule has 0 bridgehead atoms. The van der Waals surface area contributed by atoms with Gasteiger partial charge in [0.05, 0.1) is 5.41 Å². The van der Waals surface area contributed by atoms with Gasteiger partial charge < -0.3 is 25.2 Å². The van der Waals surface area contributed by atoms with Crippen LogP contribution in [0.25, 0.3) is 0 Å². The highest BCUT2D eigenvalue weighted by Crippen LogP contribution is 2.29. The molecule has 1 fully saturated rings. The number of hydrogen-bond acceptors (Lipinski definition) is 4. The fourth-order valence-corrected chi connectivity index (χ4v) is 2.06. The second-order valence-corrected chi connectivity index (χ2v) is 4.86. The molecule has 7 nitrogen and oxygen atoms in total. The molecular formula is C13H24N2O5. The van der Waals surface area contributed by atoms with E-state index in [1.54, 1.807) is 0 Å². The van der Waals surface area contributed by atoms with Crippen molar-refractivity contribution in [3.05, 3.63) is 0 Å². The summed E-state index contributed by atoms with van der Waals surface area (Å²) in [6.07, 6.45) is 1.58. The van der Waals surface area contributed by atoms with Gasteiger partial charge >= 0.3 is 12.0 Å². The number of carbonyl (C=O) groups excluding carboxylic acids is 1. The Bertz CT molecular complexity index is 316. The number of ether oxygens (including phenoxy) is 2. The van der Waals surface area contributed by atoms with Crippen LogP contribution in [-0.4, -0.2) is 56.6 Å². The number of carboxylic acids is 1. The number of aliphatic carboxylic acids is 1. The lowest BCUT2D eigenvalue weighted by molar-refractivity contribution is -0.154. The molecule has 0 aliphatic carbocycles. The normalized spacial score (nSPS) is 17.4. The maximum atomic E-state index is 11.6. The smallest absolute Gasteiger partial charge is 0.314 e. The van der Waals surface area contributed by atoms with Gasteiger partial charge in [-0.25, -0.2) is 4.79 Å². The fraction of sp³-hybridized carbons (Fsp3) is 0.846. The summed E-state index contributed by atoms with van der Waals surface area (Å²) in [6, 6.07) is -0.339. The predicted molar refractivity (Wildman–Crippen MR) is 72.6 cm³/mol. The van der Waals surface area contributed by atoms with Crippen molar-refractivity contribution in [2.75, 3.05) is 39.5 Å². The zero-order chi connectivity index (χ0) is 14.8. The minimum absolute atomic E-state index is 0.128. The Morgan fingerprint density at radius 1 is 1.30 bits per heavy atom. The Morgan fingerprint density at radius 2 is 2.00 bits per heavy atom. The molecule has 0 aromatic carbocycles.